The number of rotatable bonds is 9. The number of aryl methyl sites for hydroxylation is 1. The quantitative estimate of drug-likeness (QED) is 0.316. The van der Waals surface area contributed by atoms with Gasteiger partial charge in [-0.1, -0.05) is 19.1 Å². The second-order valence-electron chi connectivity index (χ2n) is 7.51. The van der Waals surface area contributed by atoms with E-state index in [1.807, 2.05) is 23.1 Å². The minimum absolute atomic E-state index is 0. The van der Waals surface area contributed by atoms with Gasteiger partial charge in [0.25, 0.3) is 0 Å². The molecular formula is C21H32IN5O. The van der Waals surface area contributed by atoms with E-state index in [1.165, 1.54) is 18.4 Å². The Morgan fingerprint density at radius 3 is 2.86 bits per heavy atom. The molecule has 1 heterocycles. The zero-order valence-electron chi connectivity index (χ0n) is 17.0. The van der Waals surface area contributed by atoms with Gasteiger partial charge in [-0.05, 0) is 49.3 Å². The second-order valence-corrected chi connectivity index (χ2v) is 7.51. The highest BCUT2D eigenvalue weighted by atomic mass is 127. The number of hydrogen-bond acceptors (Lipinski definition) is 3. The van der Waals surface area contributed by atoms with E-state index in [4.69, 9.17) is 4.74 Å². The van der Waals surface area contributed by atoms with Crippen LogP contribution in [0.15, 0.2) is 41.7 Å². The number of halogens is 1. The fraction of sp³-hybridized carbons (Fsp3) is 0.524. The van der Waals surface area contributed by atoms with Crippen LogP contribution in [0, 0.1) is 18.8 Å². The van der Waals surface area contributed by atoms with Gasteiger partial charge in [0.15, 0.2) is 5.96 Å². The molecule has 1 atom stereocenters. The number of aromatic nitrogens is 2. The molecule has 1 unspecified atom stereocenters. The van der Waals surface area contributed by atoms with Crippen molar-refractivity contribution in [2.75, 3.05) is 20.2 Å². The Bertz CT molecular complexity index is 743. The van der Waals surface area contributed by atoms with Crippen LogP contribution in [0.4, 0.5) is 0 Å². The Hall–Kier alpha value is -1.77. The van der Waals surface area contributed by atoms with Gasteiger partial charge in [0.05, 0.1) is 6.61 Å². The van der Waals surface area contributed by atoms with Crippen LogP contribution in [-0.4, -0.2) is 35.9 Å². The van der Waals surface area contributed by atoms with Crippen LogP contribution in [0.5, 0.6) is 5.75 Å². The van der Waals surface area contributed by atoms with Crippen LogP contribution in [0.1, 0.15) is 30.9 Å². The second kappa shape index (κ2) is 11.3. The molecule has 0 saturated heterocycles. The van der Waals surface area contributed by atoms with E-state index in [-0.39, 0.29) is 24.0 Å². The molecule has 1 aromatic carbocycles. The molecule has 0 aliphatic heterocycles. The van der Waals surface area contributed by atoms with Crippen LogP contribution in [-0.2, 0) is 13.1 Å². The molecule has 2 aromatic rings. The molecule has 0 amide bonds. The molecule has 28 heavy (non-hydrogen) atoms. The van der Waals surface area contributed by atoms with Gasteiger partial charge in [0.1, 0.15) is 5.75 Å². The summed E-state index contributed by atoms with van der Waals surface area (Å²) in [5, 5.41) is 11.1. The number of hydrogen-bond donors (Lipinski definition) is 2. The van der Waals surface area contributed by atoms with E-state index in [9.17, 15) is 0 Å². The van der Waals surface area contributed by atoms with E-state index in [0.29, 0.717) is 12.5 Å². The van der Waals surface area contributed by atoms with Gasteiger partial charge in [-0.15, -0.1) is 24.0 Å². The van der Waals surface area contributed by atoms with Crippen LogP contribution in [0.3, 0.4) is 0 Å². The molecule has 0 radical (unpaired) electrons. The topological polar surface area (TPSA) is 63.5 Å². The number of nitrogens with zero attached hydrogens (tertiary/aromatic N) is 3. The van der Waals surface area contributed by atoms with E-state index >= 15 is 0 Å². The maximum atomic E-state index is 6.05. The van der Waals surface area contributed by atoms with Gasteiger partial charge in [-0.2, -0.15) is 5.10 Å². The van der Waals surface area contributed by atoms with Crippen LogP contribution in [0.25, 0.3) is 0 Å². The average Bonchev–Trinajstić information content (AvgIpc) is 3.36. The lowest BCUT2D eigenvalue weighted by molar-refractivity contribution is 0.296. The molecule has 0 spiro atoms. The summed E-state index contributed by atoms with van der Waals surface area (Å²) in [5.41, 5.74) is 2.38. The molecule has 0 bridgehead atoms. The van der Waals surface area contributed by atoms with Crippen molar-refractivity contribution in [1.29, 1.82) is 0 Å². The Kier molecular flexibility index (Phi) is 9.08. The first-order valence-electron chi connectivity index (χ1n) is 9.78. The van der Waals surface area contributed by atoms with Crippen molar-refractivity contribution in [1.82, 2.24) is 20.4 Å². The van der Waals surface area contributed by atoms with Crippen molar-refractivity contribution in [2.24, 2.45) is 16.8 Å². The summed E-state index contributed by atoms with van der Waals surface area (Å²) in [7, 11) is 1.80. The van der Waals surface area contributed by atoms with Crippen LogP contribution < -0.4 is 15.4 Å². The van der Waals surface area contributed by atoms with Crippen LogP contribution >= 0.6 is 24.0 Å². The predicted octanol–water partition coefficient (Wildman–Crippen LogP) is 3.60. The van der Waals surface area contributed by atoms with Gasteiger partial charge in [0, 0.05) is 44.6 Å². The lowest BCUT2D eigenvalue weighted by Gasteiger charge is -2.17. The van der Waals surface area contributed by atoms with Crippen molar-refractivity contribution in [3.63, 3.8) is 0 Å². The summed E-state index contributed by atoms with van der Waals surface area (Å²) in [6.45, 7) is 7.53. The first kappa shape index (κ1) is 22.5. The highest BCUT2D eigenvalue weighted by molar-refractivity contribution is 14.0. The Balaban J connectivity index is 0.00000280. The van der Waals surface area contributed by atoms with Gasteiger partial charge in [0.2, 0.25) is 0 Å². The van der Waals surface area contributed by atoms with Crippen molar-refractivity contribution < 1.29 is 4.74 Å². The third-order valence-corrected chi connectivity index (χ3v) is 4.74. The maximum absolute atomic E-state index is 6.05. The summed E-state index contributed by atoms with van der Waals surface area (Å²) in [5.74, 6) is 2.98. The van der Waals surface area contributed by atoms with Crippen molar-refractivity contribution in [2.45, 2.75) is 39.8 Å². The first-order chi connectivity index (χ1) is 13.1. The van der Waals surface area contributed by atoms with Gasteiger partial charge >= 0.3 is 0 Å². The Morgan fingerprint density at radius 1 is 1.36 bits per heavy atom. The Labute approximate surface area is 185 Å². The molecule has 3 rings (SSSR count). The number of nitrogens with one attached hydrogen (secondary N) is 2. The smallest absolute Gasteiger partial charge is 0.191 e. The van der Waals surface area contributed by atoms with Gasteiger partial charge in [-0.3, -0.25) is 9.67 Å². The third-order valence-electron chi connectivity index (χ3n) is 4.74. The minimum Gasteiger partial charge on any atom is -0.493 e. The third kappa shape index (κ3) is 7.33. The average molecular weight is 497 g/mol. The molecule has 6 nitrogen and oxygen atoms in total. The highest BCUT2D eigenvalue weighted by Crippen LogP contribution is 2.30. The molecule has 1 aromatic heterocycles. The molecule has 2 N–H and O–H groups in total. The fourth-order valence-electron chi connectivity index (χ4n) is 2.90. The summed E-state index contributed by atoms with van der Waals surface area (Å²) >= 11 is 0. The molecule has 1 aliphatic carbocycles. The molecule has 1 saturated carbocycles. The van der Waals surface area contributed by atoms with E-state index < -0.39 is 0 Å². The van der Waals surface area contributed by atoms with E-state index in [2.05, 4.69) is 52.8 Å². The summed E-state index contributed by atoms with van der Waals surface area (Å²) in [6, 6.07) is 8.34. The number of aliphatic imine (C=N–C) groups is 1. The van der Waals surface area contributed by atoms with Gasteiger partial charge < -0.3 is 15.4 Å². The number of ether oxygens (including phenoxy) is 1. The monoisotopic (exact) mass is 497 g/mol. The summed E-state index contributed by atoms with van der Waals surface area (Å²) in [6.07, 6.45) is 6.40. The highest BCUT2D eigenvalue weighted by Gasteiger charge is 2.22. The fourth-order valence-corrected chi connectivity index (χ4v) is 2.90. The molecule has 1 fully saturated rings. The molecular weight excluding hydrogens is 465 g/mol. The molecule has 154 valence electrons. The van der Waals surface area contributed by atoms with E-state index in [0.717, 1.165) is 42.9 Å². The predicted molar refractivity (Wildman–Crippen MR) is 124 cm³/mol. The normalized spacial score (nSPS) is 14.9. The zero-order chi connectivity index (χ0) is 19.1. The summed E-state index contributed by atoms with van der Waals surface area (Å²) < 4.78 is 8.01. The van der Waals surface area contributed by atoms with Crippen LogP contribution in [0.2, 0.25) is 0 Å². The standard InChI is InChI=1S/C21H31N5O.HI/c1-16-5-8-19(20(11-16)27-15-18-6-7-18)13-24-21(22-3)23-12-17(2)14-26-10-4-9-25-26;/h4-5,8-11,17-18H,6-7,12-15H2,1-3H3,(H2,22,23,24);1H. The minimum atomic E-state index is 0. The van der Waals surface area contributed by atoms with Gasteiger partial charge in [-0.25, -0.2) is 0 Å². The first-order valence-corrected chi connectivity index (χ1v) is 9.78. The van der Waals surface area contributed by atoms with E-state index in [1.54, 1.807) is 7.05 Å². The number of benzene rings is 1. The maximum Gasteiger partial charge on any atom is 0.191 e. The zero-order valence-corrected chi connectivity index (χ0v) is 19.3. The largest absolute Gasteiger partial charge is 0.493 e. The lowest BCUT2D eigenvalue weighted by atomic mass is 10.1. The Morgan fingerprint density at radius 2 is 2.18 bits per heavy atom. The van der Waals surface area contributed by atoms with Crippen molar-refractivity contribution in [3.8, 4) is 5.75 Å². The lowest BCUT2D eigenvalue weighted by Crippen LogP contribution is -2.39. The number of guanidine groups is 1. The SMILES string of the molecule is CN=C(NCc1ccc(C)cc1OCC1CC1)NCC(C)Cn1cccn1.I. The summed E-state index contributed by atoms with van der Waals surface area (Å²) in [4.78, 5) is 4.33. The van der Waals surface area contributed by atoms with Crippen molar-refractivity contribution >= 4 is 29.9 Å². The molecule has 1 aliphatic rings. The van der Waals surface area contributed by atoms with Crippen molar-refractivity contribution in [3.05, 3.63) is 47.8 Å². The molecule has 7 heteroatoms.